The maximum absolute atomic E-state index is 11.9. The largest absolute Gasteiger partial charge is 0.423 e. The second-order valence-corrected chi connectivity index (χ2v) is 5.26. The highest BCUT2D eigenvalue weighted by Gasteiger charge is 2.25. The molecule has 1 aromatic carbocycles. The van der Waals surface area contributed by atoms with Gasteiger partial charge in [-0.05, 0) is 25.0 Å². The minimum Gasteiger partial charge on any atom is -0.423 e. The number of ether oxygens (including phenoxy) is 2. The monoisotopic (exact) mass is 308 g/mol. The van der Waals surface area contributed by atoms with Crippen LogP contribution in [0.4, 0.5) is 0 Å². The van der Waals surface area contributed by atoms with E-state index in [9.17, 15) is 4.79 Å². The summed E-state index contributed by atoms with van der Waals surface area (Å²) in [6, 6.07) is 2.98. The van der Waals surface area contributed by atoms with Crippen molar-refractivity contribution < 1.29 is 14.3 Å². The van der Waals surface area contributed by atoms with Crippen LogP contribution in [0.15, 0.2) is 12.1 Å². The highest BCUT2D eigenvalue weighted by Crippen LogP contribution is 2.36. The van der Waals surface area contributed by atoms with E-state index in [-0.39, 0.29) is 27.7 Å². The molecule has 0 amide bonds. The third-order valence-corrected chi connectivity index (χ3v) is 3.50. The summed E-state index contributed by atoms with van der Waals surface area (Å²) in [6.45, 7) is 1.14. The Hall–Kier alpha value is -0.480. The zero-order chi connectivity index (χ0) is 13.1. The Morgan fingerprint density at radius 3 is 2.28 bits per heavy atom. The van der Waals surface area contributed by atoms with E-state index in [1.165, 1.54) is 12.1 Å². The highest BCUT2D eigenvalue weighted by molar-refractivity contribution is 6.40. The van der Waals surface area contributed by atoms with Crippen molar-refractivity contribution in [2.45, 2.75) is 12.8 Å². The predicted octanol–water partition coefficient (Wildman–Crippen LogP) is 3.98. The maximum Gasteiger partial charge on any atom is 0.314 e. The number of halogens is 3. The molecule has 0 bridgehead atoms. The summed E-state index contributed by atoms with van der Waals surface area (Å²) < 4.78 is 10.4. The van der Waals surface area contributed by atoms with Gasteiger partial charge in [-0.15, -0.1) is 0 Å². The Balaban J connectivity index is 2.11. The smallest absolute Gasteiger partial charge is 0.314 e. The molecule has 0 atom stereocenters. The van der Waals surface area contributed by atoms with Gasteiger partial charge in [0.1, 0.15) is 0 Å². The van der Waals surface area contributed by atoms with Crippen LogP contribution in [0.3, 0.4) is 0 Å². The fraction of sp³-hybridized carbons (Fsp3) is 0.417. The quantitative estimate of drug-likeness (QED) is 0.612. The first-order chi connectivity index (χ1) is 8.58. The summed E-state index contributed by atoms with van der Waals surface area (Å²) in [5, 5.41) is 0.858. The van der Waals surface area contributed by atoms with Crippen molar-refractivity contribution in [1.29, 1.82) is 0 Å². The van der Waals surface area contributed by atoms with E-state index < -0.39 is 0 Å². The second-order valence-electron chi connectivity index (χ2n) is 4.01. The lowest BCUT2D eigenvalue weighted by molar-refractivity contribution is -0.141. The SMILES string of the molecule is O=C(Oc1c(Cl)cc(Cl)cc1Cl)C1CCOCC1. The van der Waals surface area contributed by atoms with Gasteiger partial charge in [0.25, 0.3) is 0 Å². The van der Waals surface area contributed by atoms with Crippen molar-refractivity contribution in [1.82, 2.24) is 0 Å². The lowest BCUT2D eigenvalue weighted by Gasteiger charge is -2.20. The van der Waals surface area contributed by atoms with Gasteiger partial charge in [0.15, 0.2) is 5.75 Å². The highest BCUT2D eigenvalue weighted by atomic mass is 35.5. The van der Waals surface area contributed by atoms with Gasteiger partial charge in [0.2, 0.25) is 0 Å². The Morgan fingerprint density at radius 1 is 1.17 bits per heavy atom. The van der Waals surface area contributed by atoms with Crippen molar-refractivity contribution in [2.24, 2.45) is 5.92 Å². The van der Waals surface area contributed by atoms with Crippen LogP contribution in [-0.4, -0.2) is 19.2 Å². The van der Waals surface area contributed by atoms with Crippen molar-refractivity contribution in [3.63, 3.8) is 0 Å². The van der Waals surface area contributed by atoms with Gasteiger partial charge >= 0.3 is 5.97 Å². The predicted molar refractivity (Wildman–Crippen MR) is 70.7 cm³/mol. The van der Waals surface area contributed by atoms with E-state index >= 15 is 0 Å². The first-order valence-corrected chi connectivity index (χ1v) is 6.65. The summed E-state index contributed by atoms with van der Waals surface area (Å²) in [5.41, 5.74) is 0. The number of carbonyl (C=O) groups is 1. The van der Waals surface area contributed by atoms with E-state index in [0.29, 0.717) is 31.1 Å². The second kappa shape index (κ2) is 6.11. The Bertz CT molecular complexity index is 433. The van der Waals surface area contributed by atoms with Crippen LogP contribution in [0.5, 0.6) is 5.75 Å². The molecule has 3 nitrogen and oxygen atoms in total. The standard InChI is InChI=1S/C12H11Cl3O3/c13-8-5-9(14)11(10(15)6-8)18-12(16)7-1-3-17-4-2-7/h5-7H,1-4H2. The minimum atomic E-state index is -0.329. The Kier molecular flexibility index (Phi) is 4.73. The maximum atomic E-state index is 11.9. The average Bonchev–Trinajstić information content (AvgIpc) is 2.34. The van der Waals surface area contributed by atoms with Crippen LogP contribution < -0.4 is 4.74 Å². The molecular formula is C12H11Cl3O3. The molecule has 1 saturated heterocycles. The number of rotatable bonds is 2. The van der Waals surface area contributed by atoms with Crippen molar-refractivity contribution in [3.05, 3.63) is 27.2 Å². The summed E-state index contributed by atoms with van der Waals surface area (Å²) in [4.78, 5) is 11.9. The molecule has 1 aromatic rings. The van der Waals surface area contributed by atoms with E-state index in [0.717, 1.165) is 0 Å². The van der Waals surface area contributed by atoms with Gasteiger partial charge in [0.05, 0.1) is 16.0 Å². The fourth-order valence-electron chi connectivity index (χ4n) is 1.74. The van der Waals surface area contributed by atoms with Crippen LogP contribution in [0, 0.1) is 5.92 Å². The van der Waals surface area contributed by atoms with Crippen molar-refractivity contribution in [2.75, 3.05) is 13.2 Å². The number of esters is 1. The van der Waals surface area contributed by atoms with Crippen molar-refractivity contribution in [3.8, 4) is 5.75 Å². The lowest BCUT2D eigenvalue weighted by atomic mass is 10.0. The first kappa shape index (κ1) is 13.9. The molecular weight excluding hydrogens is 298 g/mol. The van der Waals surface area contributed by atoms with Gasteiger partial charge in [-0.2, -0.15) is 0 Å². The van der Waals surface area contributed by atoms with Gasteiger partial charge in [-0.1, -0.05) is 34.8 Å². The third-order valence-electron chi connectivity index (χ3n) is 2.72. The molecule has 98 valence electrons. The minimum absolute atomic E-state index is 0.165. The van der Waals surface area contributed by atoms with E-state index in [1.807, 2.05) is 0 Å². The molecule has 0 unspecified atom stereocenters. The summed E-state index contributed by atoms with van der Waals surface area (Å²) in [5.74, 6) is -0.329. The topological polar surface area (TPSA) is 35.5 Å². The van der Waals surface area contributed by atoms with E-state index in [2.05, 4.69) is 0 Å². The Morgan fingerprint density at radius 2 is 1.72 bits per heavy atom. The van der Waals surface area contributed by atoms with Crippen LogP contribution in [-0.2, 0) is 9.53 Å². The average molecular weight is 310 g/mol. The molecule has 0 radical (unpaired) electrons. The number of hydrogen-bond donors (Lipinski definition) is 0. The number of hydrogen-bond acceptors (Lipinski definition) is 3. The molecule has 1 heterocycles. The van der Waals surface area contributed by atoms with E-state index in [1.54, 1.807) is 0 Å². The number of benzene rings is 1. The third kappa shape index (κ3) is 3.29. The zero-order valence-corrected chi connectivity index (χ0v) is 11.7. The van der Waals surface area contributed by atoms with E-state index in [4.69, 9.17) is 44.3 Å². The molecule has 0 saturated carbocycles. The van der Waals surface area contributed by atoms with Crippen LogP contribution in [0.25, 0.3) is 0 Å². The fourth-order valence-corrected chi connectivity index (χ4v) is 2.64. The molecule has 0 N–H and O–H groups in total. The summed E-state index contributed by atoms with van der Waals surface area (Å²) in [7, 11) is 0. The summed E-state index contributed by atoms with van der Waals surface area (Å²) >= 11 is 17.7. The molecule has 1 aliphatic heterocycles. The van der Waals surface area contributed by atoms with Crippen LogP contribution in [0.2, 0.25) is 15.1 Å². The van der Waals surface area contributed by atoms with Gasteiger partial charge in [-0.25, -0.2) is 0 Å². The van der Waals surface area contributed by atoms with Crippen LogP contribution in [0.1, 0.15) is 12.8 Å². The molecule has 18 heavy (non-hydrogen) atoms. The van der Waals surface area contributed by atoms with Gasteiger partial charge in [-0.3, -0.25) is 4.79 Å². The van der Waals surface area contributed by atoms with Gasteiger partial charge in [0, 0.05) is 18.2 Å². The normalized spacial score (nSPS) is 16.6. The molecule has 0 spiro atoms. The van der Waals surface area contributed by atoms with Crippen molar-refractivity contribution >= 4 is 40.8 Å². The molecule has 6 heteroatoms. The molecule has 1 fully saturated rings. The zero-order valence-electron chi connectivity index (χ0n) is 9.42. The van der Waals surface area contributed by atoms with Gasteiger partial charge < -0.3 is 9.47 Å². The number of carbonyl (C=O) groups excluding carboxylic acids is 1. The Labute approximate surface area is 120 Å². The molecule has 0 aromatic heterocycles. The molecule has 0 aliphatic carbocycles. The molecule has 1 aliphatic rings. The first-order valence-electron chi connectivity index (χ1n) is 5.52. The summed E-state index contributed by atoms with van der Waals surface area (Å²) in [6.07, 6.45) is 1.31. The lowest BCUT2D eigenvalue weighted by Crippen LogP contribution is -2.27. The molecule has 2 rings (SSSR count). The van der Waals surface area contributed by atoms with Crippen LogP contribution >= 0.6 is 34.8 Å².